The van der Waals surface area contributed by atoms with Gasteiger partial charge >= 0.3 is 0 Å². The van der Waals surface area contributed by atoms with E-state index >= 15 is 0 Å². The molecule has 5 atom stereocenters. The van der Waals surface area contributed by atoms with Gasteiger partial charge in [0.15, 0.2) is 5.60 Å². The molecule has 3 N–H and O–H groups in total. The van der Waals surface area contributed by atoms with E-state index in [-0.39, 0.29) is 11.5 Å². The average molecular weight is 288 g/mol. The van der Waals surface area contributed by atoms with E-state index in [1.165, 1.54) is 6.92 Å². The van der Waals surface area contributed by atoms with Crippen molar-refractivity contribution in [3.63, 3.8) is 0 Å². The molecule has 7 nitrogen and oxygen atoms in total. The Labute approximate surface area is 116 Å². The Morgan fingerprint density at radius 3 is 2.25 bits per heavy atom. The van der Waals surface area contributed by atoms with Gasteiger partial charge in [-0.25, -0.2) is 0 Å². The van der Waals surface area contributed by atoms with Crippen molar-refractivity contribution in [2.75, 3.05) is 0 Å². The van der Waals surface area contributed by atoms with Crippen LogP contribution in [0.3, 0.4) is 0 Å². The predicted octanol–water partition coefficient (Wildman–Crippen LogP) is -0.560. The summed E-state index contributed by atoms with van der Waals surface area (Å²) >= 11 is 0. The summed E-state index contributed by atoms with van der Waals surface area (Å²) in [6, 6.07) is 0. The molecule has 2 aliphatic rings. The fourth-order valence-corrected chi connectivity index (χ4v) is 2.27. The molecule has 0 aromatic heterocycles. The lowest BCUT2D eigenvalue weighted by molar-refractivity contribution is -0.282. The van der Waals surface area contributed by atoms with E-state index in [0.717, 1.165) is 0 Å². The topological polar surface area (TPSA) is 105 Å². The monoisotopic (exact) mass is 288 g/mol. The molecule has 0 bridgehead atoms. The largest absolute Gasteiger partial charge is 0.480 e. The van der Waals surface area contributed by atoms with Crippen LogP contribution >= 0.6 is 0 Å². The van der Waals surface area contributed by atoms with Crippen LogP contribution in [0.2, 0.25) is 0 Å². The van der Waals surface area contributed by atoms with E-state index in [1.807, 2.05) is 0 Å². The van der Waals surface area contributed by atoms with Crippen LogP contribution in [0.5, 0.6) is 0 Å². The molecule has 114 valence electrons. The van der Waals surface area contributed by atoms with Crippen molar-refractivity contribution in [3.05, 3.63) is 11.5 Å². The van der Waals surface area contributed by atoms with Crippen LogP contribution in [0.1, 0.15) is 27.7 Å². The number of rotatable bonds is 2. The molecule has 1 fully saturated rings. The molecule has 0 amide bonds. The van der Waals surface area contributed by atoms with Gasteiger partial charge in [-0.15, -0.1) is 0 Å². The number of hydrogen-bond donors (Lipinski definition) is 3. The molecule has 0 saturated carbocycles. The highest BCUT2D eigenvalue weighted by molar-refractivity contribution is 6.02. The van der Waals surface area contributed by atoms with Crippen molar-refractivity contribution in [2.24, 2.45) is 0 Å². The van der Waals surface area contributed by atoms with Crippen molar-refractivity contribution < 1.29 is 34.3 Å². The minimum absolute atomic E-state index is 0.0326. The second kappa shape index (κ2) is 5.00. The first-order chi connectivity index (χ1) is 9.15. The molecular weight excluding hydrogens is 268 g/mol. The number of aliphatic hydroxyl groups is 3. The third-order valence-corrected chi connectivity index (χ3v) is 3.52. The summed E-state index contributed by atoms with van der Waals surface area (Å²) in [5.41, 5.74) is -1.03. The van der Waals surface area contributed by atoms with Crippen LogP contribution in [0, 0.1) is 0 Å². The smallest absolute Gasteiger partial charge is 0.243 e. The Morgan fingerprint density at radius 2 is 1.75 bits per heavy atom. The Kier molecular flexibility index (Phi) is 3.81. The third-order valence-electron chi connectivity index (χ3n) is 3.52. The lowest BCUT2D eigenvalue weighted by Crippen LogP contribution is -2.57. The van der Waals surface area contributed by atoms with Crippen LogP contribution in [-0.2, 0) is 19.0 Å². The summed E-state index contributed by atoms with van der Waals surface area (Å²) in [6.45, 7) is 6.32. The molecule has 20 heavy (non-hydrogen) atoms. The lowest BCUT2D eigenvalue weighted by atomic mass is 10.00. The van der Waals surface area contributed by atoms with Gasteiger partial charge in [0.05, 0.1) is 6.10 Å². The molecule has 0 aromatic carbocycles. The Morgan fingerprint density at radius 1 is 1.15 bits per heavy atom. The van der Waals surface area contributed by atoms with Crippen LogP contribution in [0.15, 0.2) is 11.5 Å². The number of hydrogen-bond acceptors (Lipinski definition) is 7. The second-order valence-electron chi connectivity index (χ2n) is 5.63. The van der Waals surface area contributed by atoms with Crippen LogP contribution in [0.4, 0.5) is 0 Å². The number of ether oxygens (including phenoxy) is 3. The number of carbonyl (C=O) groups is 1. The van der Waals surface area contributed by atoms with E-state index in [9.17, 15) is 20.1 Å². The van der Waals surface area contributed by atoms with Gasteiger partial charge < -0.3 is 29.5 Å². The van der Waals surface area contributed by atoms with Gasteiger partial charge in [0.2, 0.25) is 17.8 Å². The molecule has 2 heterocycles. The predicted molar refractivity (Wildman–Crippen MR) is 66.3 cm³/mol. The molecule has 2 rings (SSSR count). The van der Waals surface area contributed by atoms with Gasteiger partial charge in [-0.1, -0.05) is 0 Å². The zero-order chi connectivity index (χ0) is 15.2. The van der Waals surface area contributed by atoms with Crippen molar-refractivity contribution in [3.8, 4) is 0 Å². The summed E-state index contributed by atoms with van der Waals surface area (Å²) < 4.78 is 16.0. The van der Waals surface area contributed by atoms with Gasteiger partial charge in [-0.05, 0) is 27.7 Å². The highest BCUT2D eigenvalue weighted by Gasteiger charge is 2.47. The zero-order valence-electron chi connectivity index (χ0n) is 11.9. The minimum Gasteiger partial charge on any atom is -0.480 e. The van der Waals surface area contributed by atoms with Crippen molar-refractivity contribution in [1.29, 1.82) is 0 Å². The first-order valence-corrected chi connectivity index (χ1v) is 6.46. The quantitative estimate of drug-likeness (QED) is 0.625. The van der Waals surface area contributed by atoms with Crippen molar-refractivity contribution in [2.45, 2.75) is 64.0 Å². The first-order valence-electron chi connectivity index (χ1n) is 6.46. The summed E-state index contributed by atoms with van der Waals surface area (Å²) in [7, 11) is 0. The maximum Gasteiger partial charge on any atom is 0.243 e. The average Bonchev–Trinajstić information content (AvgIpc) is 2.55. The fraction of sp³-hybridized carbons (Fsp3) is 0.769. The molecular formula is C13H20O7. The van der Waals surface area contributed by atoms with E-state index < -0.39 is 36.3 Å². The molecule has 0 radical (unpaired) electrons. The number of ketones is 1. The highest BCUT2D eigenvalue weighted by Crippen LogP contribution is 2.33. The van der Waals surface area contributed by atoms with Crippen LogP contribution in [-0.4, -0.2) is 57.4 Å². The van der Waals surface area contributed by atoms with Gasteiger partial charge in [-0.3, -0.25) is 4.79 Å². The fourth-order valence-electron chi connectivity index (χ4n) is 2.27. The van der Waals surface area contributed by atoms with E-state index in [1.54, 1.807) is 20.8 Å². The normalized spacial score (nSPS) is 40.8. The molecule has 3 unspecified atom stereocenters. The van der Waals surface area contributed by atoms with Gasteiger partial charge in [0.25, 0.3) is 0 Å². The standard InChI is InChI=1S/C13H20O7/c1-5-7(14)8(15)9(16)12(18-5)19-10-6(2)20-13(3,4)11(10)17/h5,7-9,12,14-16H,1-4H3/t5?,7-,8+,9?,12?/m1/s1. The van der Waals surface area contributed by atoms with E-state index in [2.05, 4.69) is 0 Å². The molecule has 0 aliphatic carbocycles. The van der Waals surface area contributed by atoms with Crippen LogP contribution in [0.25, 0.3) is 0 Å². The minimum atomic E-state index is -1.46. The van der Waals surface area contributed by atoms with Gasteiger partial charge in [0.1, 0.15) is 24.1 Å². The SMILES string of the molecule is CC1=C(OC2OC(C)[C@@H](O)[C@H](O)C2O)C(=O)C(C)(C)O1. The summed E-state index contributed by atoms with van der Waals surface area (Å²) in [4.78, 5) is 12.1. The number of aliphatic hydroxyl groups excluding tert-OH is 3. The Balaban J connectivity index is 2.14. The van der Waals surface area contributed by atoms with Crippen LogP contribution < -0.4 is 0 Å². The second-order valence-corrected chi connectivity index (χ2v) is 5.63. The van der Waals surface area contributed by atoms with Gasteiger partial charge in [0, 0.05) is 0 Å². The summed E-state index contributed by atoms with van der Waals surface area (Å²) in [5.74, 6) is -0.0991. The number of carbonyl (C=O) groups excluding carboxylic acids is 1. The molecule has 7 heteroatoms. The van der Waals surface area contributed by atoms with E-state index in [0.29, 0.717) is 5.76 Å². The molecule has 0 spiro atoms. The number of Topliss-reactive ketones (excluding diaryl/α,β-unsaturated/α-hetero) is 1. The first kappa shape index (κ1) is 15.2. The maximum absolute atomic E-state index is 12.1. The Bertz CT molecular complexity index is 442. The summed E-state index contributed by atoms with van der Waals surface area (Å²) in [6.07, 6.45) is -6.06. The maximum atomic E-state index is 12.1. The van der Waals surface area contributed by atoms with E-state index in [4.69, 9.17) is 14.2 Å². The van der Waals surface area contributed by atoms with Crippen molar-refractivity contribution in [1.82, 2.24) is 0 Å². The van der Waals surface area contributed by atoms with Crippen molar-refractivity contribution >= 4 is 5.78 Å². The highest BCUT2D eigenvalue weighted by atomic mass is 16.7. The molecule has 0 aromatic rings. The van der Waals surface area contributed by atoms with Gasteiger partial charge in [-0.2, -0.15) is 0 Å². The Hall–Kier alpha value is -1.15. The molecule has 2 aliphatic heterocycles. The third kappa shape index (κ3) is 2.42. The number of allylic oxidation sites excluding steroid dienone is 1. The summed E-state index contributed by atoms with van der Waals surface area (Å²) in [5, 5.41) is 29.1. The lowest BCUT2D eigenvalue weighted by Gasteiger charge is -2.38. The molecule has 1 saturated heterocycles. The zero-order valence-corrected chi connectivity index (χ0v) is 11.9.